The number of nitrogens with one attached hydrogen (secondary N) is 1. The molecule has 0 aliphatic carbocycles. The summed E-state index contributed by atoms with van der Waals surface area (Å²) in [5, 5.41) is 3.27. The van der Waals surface area contributed by atoms with Crippen LogP contribution < -0.4 is 5.32 Å². The minimum atomic E-state index is -1.40. The molecule has 0 amide bonds. The predicted molar refractivity (Wildman–Crippen MR) is 75.5 cm³/mol. The molecule has 1 saturated heterocycles. The van der Waals surface area contributed by atoms with Gasteiger partial charge in [-0.1, -0.05) is 19.9 Å². The van der Waals surface area contributed by atoms with Gasteiger partial charge < -0.3 is 10.1 Å². The van der Waals surface area contributed by atoms with Crippen LogP contribution in [-0.4, -0.2) is 19.3 Å². The molecule has 2 nitrogen and oxygen atoms in total. The summed E-state index contributed by atoms with van der Waals surface area (Å²) >= 11 is 0. The zero-order valence-corrected chi connectivity index (χ0v) is 12.5. The van der Waals surface area contributed by atoms with E-state index in [1.807, 2.05) is 13.8 Å². The van der Waals surface area contributed by atoms with Crippen LogP contribution in [0.25, 0.3) is 0 Å². The Hall–Kier alpha value is -1.07. The van der Waals surface area contributed by atoms with Crippen LogP contribution in [0.5, 0.6) is 0 Å². The van der Waals surface area contributed by atoms with E-state index in [2.05, 4.69) is 5.32 Å². The first-order valence-corrected chi connectivity index (χ1v) is 7.58. The molecule has 3 atom stereocenters. The number of rotatable bonds is 6. The van der Waals surface area contributed by atoms with Crippen molar-refractivity contribution in [2.24, 2.45) is 5.92 Å². The van der Waals surface area contributed by atoms with E-state index in [1.54, 1.807) is 0 Å². The minimum absolute atomic E-state index is 0.0203. The fraction of sp³-hybridized carbons (Fsp3) is 0.625. The van der Waals surface area contributed by atoms with E-state index in [1.165, 1.54) is 6.07 Å². The zero-order chi connectivity index (χ0) is 15.4. The zero-order valence-electron chi connectivity index (χ0n) is 12.5. The summed E-state index contributed by atoms with van der Waals surface area (Å²) in [6, 6.07) is 1.98. The van der Waals surface area contributed by atoms with Crippen LogP contribution in [-0.2, 0) is 4.74 Å². The Morgan fingerprint density at radius 1 is 1.24 bits per heavy atom. The van der Waals surface area contributed by atoms with Gasteiger partial charge in [-0.15, -0.1) is 0 Å². The fourth-order valence-electron chi connectivity index (χ4n) is 3.04. The van der Waals surface area contributed by atoms with Crippen molar-refractivity contribution in [3.63, 3.8) is 0 Å². The Morgan fingerprint density at radius 2 is 2.00 bits per heavy atom. The maximum absolute atomic E-state index is 14.1. The van der Waals surface area contributed by atoms with E-state index in [0.29, 0.717) is 13.2 Å². The third-order valence-electron chi connectivity index (χ3n) is 4.11. The van der Waals surface area contributed by atoms with Gasteiger partial charge in [-0.2, -0.15) is 0 Å². The van der Waals surface area contributed by atoms with Crippen LogP contribution in [0.4, 0.5) is 13.2 Å². The van der Waals surface area contributed by atoms with Crippen molar-refractivity contribution in [3.8, 4) is 0 Å². The Kier molecular flexibility index (Phi) is 5.65. The molecular weight excluding hydrogens is 279 g/mol. The molecule has 0 spiro atoms. The van der Waals surface area contributed by atoms with Gasteiger partial charge in [-0.3, -0.25) is 0 Å². The van der Waals surface area contributed by atoms with Gasteiger partial charge in [0.15, 0.2) is 17.5 Å². The molecule has 1 fully saturated rings. The van der Waals surface area contributed by atoms with Crippen molar-refractivity contribution in [1.29, 1.82) is 0 Å². The van der Waals surface area contributed by atoms with Crippen molar-refractivity contribution >= 4 is 0 Å². The van der Waals surface area contributed by atoms with E-state index >= 15 is 0 Å². The first-order chi connectivity index (χ1) is 10.1. The van der Waals surface area contributed by atoms with E-state index < -0.39 is 17.5 Å². The average molecular weight is 301 g/mol. The molecule has 0 saturated carbocycles. The lowest BCUT2D eigenvalue weighted by atomic mass is 9.86. The smallest absolute Gasteiger partial charge is 0.194 e. The van der Waals surface area contributed by atoms with Gasteiger partial charge in [0.2, 0.25) is 0 Å². The van der Waals surface area contributed by atoms with Crippen molar-refractivity contribution in [2.75, 3.05) is 13.2 Å². The van der Waals surface area contributed by atoms with Gasteiger partial charge in [-0.25, -0.2) is 13.2 Å². The van der Waals surface area contributed by atoms with Gasteiger partial charge in [-0.05, 0) is 31.9 Å². The van der Waals surface area contributed by atoms with E-state index in [0.717, 1.165) is 25.3 Å². The molecule has 5 heteroatoms. The number of halogens is 3. The number of hydrogen-bond donors (Lipinski definition) is 1. The van der Waals surface area contributed by atoms with Crippen LogP contribution in [0.1, 0.15) is 44.7 Å². The van der Waals surface area contributed by atoms with Crippen LogP contribution in [0.15, 0.2) is 12.1 Å². The summed E-state index contributed by atoms with van der Waals surface area (Å²) in [5.74, 6) is -3.57. The Labute approximate surface area is 123 Å². The lowest BCUT2D eigenvalue weighted by Gasteiger charge is -2.29. The molecule has 21 heavy (non-hydrogen) atoms. The number of ether oxygens (including phenoxy) is 1. The topological polar surface area (TPSA) is 21.3 Å². The van der Waals surface area contributed by atoms with Gasteiger partial charge >= 0.3 is 0 Å². The lowest BCUT2D eigenvalue weighted by molar-refractivity contribution is 0.0769. The second-order valence-electron chi connectivity index (χ2n) is 5.47. The largest absolute Gasteiger partial charge is 0.378 e. The van der Waals surface area contributed by atoms with Crippen LogP contribution in [0, 0.1) is 23.4 Å². The van der Waals surface area contributed by atoms with Crippen molar-refractivity contribution in [1.82, 2.24) is 5.32 Å². The molecule has 0 aromatic heterocycles. The molecule has 1 N–H and O–H groups in total. The van der Waals surface area contributed by atoms with Crippen LogP contribution >= 0.6 is 0 Å². The summed E-state index contributed by atoms with van der Waals surface area (Å²) in [4.78, 5) is 0. The molecule has 0 bridgehead atoms. The molecule has 1 heterocycles. The van der Waals surface area contributed by atoms with Crippen molar-refractivity contribution in [3.05, 3.63) is 35.1 Å². The predicted octanol–water partition coefficient (Wildman–Crippen LogP) is 3.96. The molecule has 3 unspecified atom stereocenters. The minimum Gasteiger partial charge on any atom is -0.378 e. The first kappa shape index (κ1) is 16.3. The second-order valence-corrected chi connectivity index (χ2v) is 5.47. The summed E-state index contributed by atoms with van der Waals surface area (Å²) in [7, 11) is 0. The summed E-state index contributed by atoms with van der Waals surface area (Å²) in [6.45, 7) is 5.34. The molecule has 1 aliphatic heterocycles. The summed E-state index contributed by atoms with van der Waals surface area (Å²) < 4.78 is 46.5. The highest BCUT2D eigenvalue weighted by Gasteiger charge is 2.36. The van der Waals surface area contributed by atoms with Gasteiger partial charge in [0.1, 0.15) is 0 Å². The Balaban J connectivity index is 2.33. The van der Waals surface area contributed by atoms with Crippen molar-refractivity contribution in [2.45, 2.75) is 45.3 Å². The normalized spacial score (nSPS) is 23.5. The Morgan fingerprint density at radius 3 is 2.67 bits per heavy atom. The van der Waals surface area contributed by atoms with Crippen LogP contribution in [0.3, 0.4) is 0 Å². The monoisotopic (exact) mass is 301 g/mol. The third kappa shape index (κ3) is 3.40. The maximum Gasteiger partial charge on any atom is 0.194 e. The molecule has 118 valence electrons. The first-order valence-electron chi connectivity index (χ1n) is 7.58. The van der Waals surface area contributed by atoms with E-state index in [4.69, 9.17) is 4.74 Å². The number of benzene rings is 1. The average Bonchev–Trinajstić information content (AvgIpc) is 2.95. The van der Waals surface area contributed by atoms with Gasteiger partial charge in [0.05, 0.1) is 6.10 Å². The molecule has 0 radical (unpaired) electrons. The molecular formula is C16H22F3NO. The highest BCUT2D eigenvalue weighted by Crippen LogP contribution is 2.36. The lowest BCUT2D eigenvalue weighted by Crippen LogP contribution is -2.34. The molecule has 1 aliphatic rings. The SMILES string of the molecule is CCCNC(c1ccc(F)c(F)c1F)C1CCOC1CC. The third-order valence-corrected chi connectivity index (χ3v) is 4.11. The maximum atomic E-state index is 14.1. The fourth-order valence-corrected chi connectivity index (χ4v) is 3.04. The highest BCUT2D eigenvalue weighted by molar-refractivity contribution is 5.25. The van der Waals surface area contributed by atoms with Gasteiger partial charge in [0.25, 0.3) is 0 Å². The second kappa shape index (κ2) is 7.27. The molecule has 2 rings (SSSR count). The van der Waals surface area contributed by atoms with E-state index in [9.17, 15) is 13.2 Å². The van der Waals surface area contributed by atoms with E-state index in [-0.39, 0.29) is 23.6 Å². The molecule has 1 aromatic rings. The van der Waals surface area contributed by atoms with Crippen LogP contribution in [0.2, 0.25) is 0 Å². The summed E-state index contributed by atoms with van der Waals surface area (Å²) in [5.41, 5.74) is 0.191. The Bertz CT molecular complexity index is 481. The van der Waals surface area contributed by atoms with Crippen molar-refractivity contribution < 1.29 is 17.9 Å². The summed E-state index contributed by atoms with van der Waals surface area (Å²) in [6.07, 6.45) is 2.51. The van der Waals surface area contributed by atoms with Gasteiger partial charge in [0, 0.05) is 24.1 Å². The quantitative estimate of drug-likeness (QED) is 0.803. The molecule has 1 aromatic carbocycles. The highest BCUT2D eigenvalue weighted by atomic mass is 19.2. The standard InChI is InChI=1S/C16H22F3NO/c1-3-8-20-16(10-7-9-21-13(10)4-2)11-5-6-12(17)15(19)14(11)18/h5-6,10,13,16,20H,3-4,7-9H2,1-2H3. The number of hydrogen-bond acceptors (Lipinski definition) is 2.